The molecule has 2 aromatic carbocycles. The number of phenolic OH excluding ortho intramolecular Hbond substituents is 1. The Hall–Kier alpha value is -2.00. The van der Waals surface area contributed by atoms with Crippen molar-refractivity contribution in [3.8, 4) is 5.75 Å². The van der Waals surface area contributed by atoms with Gasteiger partial charge in [0.15, 0.2) is 0 Å². The predicted octanol–water partition coefficient (Wildman–Crippen LogP) is 3.71. The highest BCUT2D eigenvalue weighted by Gasteiger charge is 2.26. The SMILES string of the molecule is CC(c1ccccc1)N(c1cccc(O)c1)C1CCNCC1. The van der Waals surface area contributed by atoms with E-state index in [1.54, 1.807) is 6.07 Å². The maximum absolute atomic E-state index is 9.87. The molecule has 116 valence electrons. The predicted molar refractivity (Wildman–Crippen MR) is 91.3 cm³/mol. The van der Waals surface area contributed by atoms with Crippen molar-refractivity contribution in [3.05, 3.63) is 60.2 Å². The Kier molecular flexibility index (Phi) is 4.64. The van der Waals surface area contributed by atoms with Crippen LogP contribution in [0.15, 0.2) is 54.6 Å². The molecule has 3 nitrogen and oxygen atoms in total. The third-order valence-corrected chi connectivity index (χ3v) is 4.53. The van der Waals surface area contributed by atoms with Crippen LogP contribution in [0.25, 0.3) is 0 Å². The highest BCUT2D eigenvalue weighted by molar-refractivity contribution is 5.53. The van der Waals surface area contributed by atoms with E-state index < -0.39 is 0 Å². The molecular formula is C19H24N2O. The number of phenols is 1. The van der Waals surface area contributed by atoms with Crippen LogP contribution in [0.3, 0.4) is 0 Å². The van der Waals surface area contributed by atoms with E-state index in [9.17, 15) is 5.11 Å². The molecule has 0 radical (unpaired) electrons. The van der Waals surface area contributed by atoms with Crippen LogP contribution in [0, 0.1) is 0 Å². The molecule has 3 heteroatoms. The molecule has 0 bridgehead atoms. The molecule has 1 fully saturated rings. The first-order chi connectivity index (χ1) is 10.8. The molecular weight excluding hydrogens is 272 g/mol. The Morgan fingerprint density at radius 3 is 2.45 bits per heavy atom. The molecule has 2 N–H and O–H groups in total. The van der Waals surface area contributed by atoms with Gasteiger partial charge in [0.2, 0.25) is 0 Å². The van der Waals surface area contributed by atoms with Gasteiger partial charge in [-0.15, -0.1) is 0 Å². The summed E-state index contributed by atoms with van der Waals surface area (Å²) in [7, 11) is 0. The smallest absolute Gasteiger partial charge is 0.117 e. The van der Waals surface area contributed by atoms with Crippen molar-refractivity contribution in [2.45, 2.75) is 31.8 Å². The lowest BCUT2D eigenvalue weighted by molar-refractivity contribution is 0.408. The summed E-state index contributed by atoms with van der Waals surface area (Å²) in [6.07, 6.45) is 2.26. The van der Waals surface area contributed by atoms with Crippen LogP contribution in [0.5, 0.6) is 5.75 Å². The quantitative estimate of drug-likeness (QED) is 0.903. The number of benzene rings is 2. The molecule has 2 aromatic rings. The molecule has 0 aromatic heterocycles. The van der Waals surface area contributed by atoms with Gasteiger partial charge in [-0.3, -0.25) is 0 Å². The first kappa shape index (κ1) is 14.9. The summed E-state index contributed by atoms with van der Waals surface area (Å²) in [4.78, 5) is 2.47. The van der Waals surface area contributed by atoms with Gasteiger partial charge in [-0.2, -0.15) is 0 Å². The van der Waals surface area contributed by atoms with Crippen LogP contribution in [0.1, 0.15) is 31.4 Å². The molecule has 0 spiro atoms. The van der Waals surface area contributed by atoms with Gasteiger partial charge in [0.25, 0.3) is 0 Å². The molecule has 22 heavy (non-hydrogen) atoms. The van der Waals surface area contributed by atoms with Crippen LogP contribution < -0.4 is 10.2 Å². The molecule has 1 atom stereocenters. The first-order valence-electron chi connectivity index (χ1n) is 8.09. The van der Waals surface area contributed by atoms with Gasteiger partial charge < -0.3 is 15.3 Å². The van der Waals surface area contributed by atoms with Crippen molar-refractivity contribution >= 4 is 5.69 Å². The fourth-order valence-electron chi connectivity index (χ4n) is 3.38. The topological polar surface area (TPSA) is 35.5 Å². The van der Waals surface area contributed by atoms with Crippen LogP contribution in [0.2, 0.25) is 0 Å². The minimum atomic E-state index is 0.283. The van der Waals surface area contributed by atoms with Crippen LogP contribution in [-0.4, -0.2) is 24.2 Å². The van der Waals surface area contributed by atoms with Crippen LogP contribution in [0.4, 0.5) is 5.69 Å². The van der Waals surface area contributed by atoms with Gasteiger partial charge in [0.1, 0.15) is 5.75 Å². The number of piperidine rings is 1. The number of aromatic hydroxyl groups is 1. The van der Waals surface area contributed by atoms with Crippen LogP contribution >= 0.6 is 0 Å². The van der Waals surface area contributed by atoms with E-state index in [1.165, 1.54) is 5.56 Å². The lowest BCUT2D eigenvalue weighted by atomic mass is 9.98. The minimum absolute atomic E-state index is 0.283. The fraction of sp³-hybridized carbons (Fsp3) is 0.368. The molecule has 1 aliphatic heterocycles. The first-order valence-corrected chi connectivity index (χ1v) is 8.09. The Morgan fingerprint density at radius 2 is 1.77 bits per heavy atom. The van der Waals surface area contributed by atoms with Gasteiger partial charge in [-0.05, 0) is 50.6 Å². The van der Waals surface area contributed by atoms with E-state index in [0.29, 0.717) is 11.8 Å². The van der Waals surface area contributed by atoms with Crippen molar-refractivity contribution in [1.29, 1.82) is 0 Å². The molecule has 0 aliphatic carbocycles. The van der Waals surface area contributed by atoms with E-state index in [-0.39, 0.29) is 6.04 Å². The summed E-state index contributed by atoms with van der Waals surface area (Å²) in [6, 6.07) is 19.0. The molecule has 0 saturated carbocycles. The van der Waals surface area contributed by atoms with Crippen LogP contribution in [-0.2, 0) is 0 Å². The van der Waals surface area contributed by atoms with E-state index in [2.05, 4.69) is 53.5 Å². The minimum Gasteiger partial charge on any atom is -0.508 e. The molecule has 1 unspecified atom stereocenters. The maximum atomic E-state index is 9.87. The molecule has 0 amide bonds. The van der Waals surface area contributed by atoms with E-state index in [1.807, 2.05) is 12.1 Å². The summed E-state index contributed by atoms with van der Waals surface area (Å²) in [5, 5.41) is 13.3. The fourth-order valence-corrected chi connectivity index (χ4v) is 3.38. The Balaban J connectivity index is 1.95. The lowest BCUT2D eigenvalue weighted by Crippen LogP contribution is -2.44. The van der Waals surface area contributed by atoms with Gasteiger partial charge in [0, 0.05) is 17.8 Å². The largest absolute Gasteiger partial charge is 0.508 e. The number of hydrogen-bond donors (Lipinski definition) is 2. The lowest BCUT2D eigenvalue weighted by Gasteiger charge is -2.41. The zero-order valence-electron chi connectivity index (χ0n) is 13.1. The maximum Gasteiger partial charge on any atom is 0.117 e. The number of nitrogens with zero attached hydrogens (tertiary/aromatic N) is 1. The molecule has 1 aliphatic rings. The Bertz CT molecular complexity index is 593. The second-order valence-corrected chi connectivity index (χ2v) is 5.99. The molecule has 1 heterocycles. The number of nitrogens with one attached hydrogen (secondary N) is 1. The average Bonchev–Trinajstić information content (AvgIpc) is 2.57. The van der Waals surface area contributed by atoms with Crippen molar-refractivity contribution in [1.82, 2.24) is 5.32 Å². The summed E-state index contributed by atoms with van der Waals surface area (Å²) < 4.78 is 0. The van der Waals surface area contributed by atoms with Crippen molar-refractivity contribution in [3.63, 3.8) is 0 Å². The third kappa shape index (κ3) is 3.25. The van der Waals surface area contributed by atoms with Gasteiger partial charge in [-0.25, -0.2) is 0 Å². The number of anilines is 1. The number of rotatable bonds is 4. The number of hydrogen-bond acceptors (Lipinski definition) is 3. The summed E-state index contributed by atoms with van der Waals surface area (Å²) in [5.41, 5.74) is 2.41. The molecule has 1 saturated heterocycles. The van der Waals surface area contributed by atoms with E-state index in [4.69, 9.17) is 0 Å². The Morgan fingerprint density at radius 1 is 1.05 bits per heavy atom. The summed E-state index contributed by atoms with van der Waals surface area (Å²) >= 11 is 0. The van der Waals surface area contributed by atoms with Gasteiger partial charge in [0.05, 0.1) is 6.04 Å². The molecule has 3 rings (SSSR count). The zero-order chi connectivity index (χ0) is 15.4. The van der Waals surface area contributed by atoms with Crippen molar-refractivity contribution < 1.29 is 5.11 Å². The summed E-state index contributed by atoms with van der Waals surface area (Å²) in [6.45, 7) is 4.37. The van der Waals surface area contributed by atoms with Gasteiger partial charge >= 0.3 is 0 Å². The highest BCUT2D eigenvalue weighted by Crippen LogP contribution is 2.33. The second-order valence-electron chi connectivity index (χ2n) is 5.99. The standard InChI is InChI=1S/C19H24N2O/c1-15(16-6-3-2-4-7-16)21(17-10-12-20-13-11-17)18-8-5-9-19(22)14-18/h2-9,14-15,17,20,22H,10-13H2,1H3. The zero-order valence-corrected chi connectivity index (χ0v) is 13.1. The Labute approximate surface area is 132 Å². The highest BCUT2D eigenvalue weighted by atomic mass is 16.3. The normalized spacial score (nSPS) is 17.1. The van der Waals surface area contributed by atoms with Gasteiger partial charge in [-0.1, -0.05) is 36.4 Å². The van der Waals surface area contributed by atoms with Crippen molar-refractivity contribution in [2.75, 3.05) is 18.0 Å². The average molecular weight is 296 g/mol. The third-order valence-electron chi connectivity index (χ3n) is 4.53. The van der Waals surface area contributed by atoms with E-state index in [0.717, 1.165) is 31.6 Å². The monoisotopic (exact) mass is 296 g/mol. The van der Waals surface area contributed by atoms with E-state index >= 15 is 0 Å². The summed E-state index contributed by atoms with van der Waals surface area (Å²) in [5.74, 6) is 0.330. The second kappa shape index (κ2) is 6.84. The van der Waals surface area contributed by atoms with Crippen molar-refractivity contribution in [2.24, 2.45) is 0 Å².